The first-order chi connectivity index (χ1) is 33.6. The number of carbonyl (C=O) groups excluding carboxylic acids is 1. The number of allylic oxidation sites excluding steroid dienone is 2. The molecule has 3 unspecified atom stereocenters. The fraction of sp³-hybridized carbons (Fsp3) is 0.952. The van der Waals surface area contributed by atoms with Crippen molar-refractivity contribution >= 4 is 5.91 Å². The van der Waals surface area contributed by atoms with E-state index in [4.69, 9.17) is 0 Å². The maximum absolute atomic E-state index is 12.6. The summed E-state index contributed by atoms with van der Waals surface area (Å²) in [5, 5.41) is 33.7. The van der Waals surface area contributed by atoms with Crippen LogP contribution < -0.4 is 5.32 Å². The molecule has 3 atom stereocenters. The highest BCUT2D eigenvalue weighted by Crippen LogP contribution is 2.19. The minimum absolute atomic E-state index is 0.309. The number of hydrogen-bond acceptors (Lipinski definition) is 4. The van der Waals surface area contributed by atoms with E-state index in [1.165, 1.54) is 302 Å². The molecule has 0 spiro atoms. The standard InChI is InChI=1S/C63H125NO4/c1-3-5-7-9-11-13-15-17-19-21-23-25-27-29-30-31-32-34-36-38-40-42-44-46-48-50-52-54-56-58-62(67)63(68)64-60(59-65)61(66)57-55-53-51-49-47-45-43-41-39-37-35-33-28-26-24-22-20-18-16-14-12-10-8-6-4-2/h29-30,60-62,65-67H,3-28,31-59H2,1-2H3,(H,64,68)/b30-29-. The SMILES string of the molecule is CCCCCCCCCCCCCC/C=C\CCCCCCCCCCCCCCCC(O)C(=O)NC(CO)C(O)CCCCCCCCCCCCCCCCCCCCCCCCCCC. The zero-order chi connectivity index (χ0) is 49.3. The van der Waals surface area contributed by atoms with Crippen LogP contribution in [0.2, 0.25) is 0 Å². The normalized spacial score (nSPS) is 13.2. The summed E-state index contributed by atoms with van der Waals surface area (Å²) in [4.78, 5) is 12.6. The lowest BCUT2D eigenvalue weighted by Crippen LogP contribution is -2.49. The Balaban J connectivity index is 3.48. The quantitative estimate of drug-likeness (QED) is 0.0361. The molecule has 0 saturated carbocycles. The molecular formula is C63H125NO4. The Labute approximate surface area is 427 Å². The number of nitrogens with one attached hydrogen (secondary N) is 1. The van der Waals surface area contributed by atoms with Gasteiger partial charge in [-0.2, -0.15) is 0 Å². The zero-order valence-electron chi connectivity index (χ0n) is 46.5. The van der Waals surface area contributed by atoms with E-state index in [1.807, 2.05) is 0 Å². The van der Waals surface area contributed by atoms with Crippen LogP contribution in [-0.2, 0) is 4.79 Å². The van der Waals surface area contributed by atoms with Crippen LogP contribution in [0.15, 0.2) is 12.2 Å². The number of hydrogen-bond donors (Lipinski definition) is 4. The Morgan fingerprint density at radius 3 is 0.809 bits per heavy atom. The summed E-state index contributed by atoms with van der Waals surface area (Å²) in [5.74, 6) is -0.463. The second-order valence-electron chi connectivity index (χ2n) is 22.0. The molecular weight excluding hydrogens is 835 g/mol. The van der Waals surface area contributed by atoms with Gasteiger partial charge in [-0.1, -0.05) is 334 Å². The van der Waals surface area contributed by atoms with Crippen LogP contribution in [-0.4, -0.2) is 46.1 Å². The summed E-state index contributed by atoms with van der Waals surface area (Å²) >= 11 is 0. The van der Waals surface area contributed by atoms with E-state index < -0.39 is 24.2 Å². The van der Waals surface area contributed by atoms with Gasteiger partial charge < -0.3 is 20.6 Å². The van der Waals surface area contributed by atoms with Crippen molar-refractivity contribution in [2.24, 2.45) is 0 Å². The lowest BCUT2D eigenvalue weighted by molar-refractivity contribution is -0.131. The summed E-state index contributed by atoms with van der Waals surface area (Å²) in [6.45, 7) is 4.28. The molecule has 406 valence electrons. The fourth-order valence-electron chi connectivity index (χ4n) is 10.3. The molecule has 0 bridgehead atoms. The van der Waals surface area contributed by atoms with Crippen LogP contribution in [0, 0.1) is 0 Å². The van der Waals surface area contributed by atoms with Crippen LogP contribution in [0.3, 0.4) is 0 Å². The third kappa shape index (κ3) is 52.9. The van der Waals surface area contributed by atoms with Crippen molar-refractivity contribution in [3.63, 3.8) is 0 Å². The molecule has 1 amide bonds. The summed E-state index contributed by atoms with van der Waals surface area (Å²) in [7, 11) is 0. The molecule has 68 heavy (non-hydrogen) atoms. The maximum atomic E-state index is 12.6. The molecule has 4 N–H and O–H groups in total. The van der Waals surface area contributed by atoms with Gasteiger partial charge in [-0.25, -0.2) is 0 Å². The Morgan fingerprint density at radius 1 is 0.338 bits per heavy atom. The average Bonchev–Trinajstić information content (AvgIpc) is 3.34. The van der Waals surface area contributed by atoms with Crippen LogP contribution >= 0.6 is 0 Å². The van der Waals surface area contributed by atoms with Crippen molar-refractivity contribution in [3.8, 4) is 0 Å². The fourth-order valence-corrected chi connectivity index (χ4v) is 10.3. The monoisotopic (exact) mass is 960 g/mol. The Hall–Kier alpha value is -0.910. The van der Waals surface area contributed by atoms with E-state index in [0.29, 0.717) is 12.8 Å². The van der Waals surface area contributed by atoms with Gasteiger partial charge >= 0.3 is 0 Å². The first-order valence-electron chi connectivity index (χ1n) is 31.5. The van der Waals surface area contributed by atoms with E-state index in [0.717, 1.165) is 32.1 Å². The van der Waals surface area contributed by atoms with Crippen molar-refractivity contribution in [2.75, 3.05) is 6.61 Å². The third-order valence-electron chi connectivity index (χ3n) is 15.1. The second-order valence-corrected chi connectivity index (χ2v) is 22.0. The number of aliphatic hydroxyl groups excluding tert-OH is 3. The van der Waals surface area contributed by atoms with Gasteiger partial charge in [0.1, 0.15) is 6.10 Å². The molecule has 5 nitrogen and oxygen atoms in total. The molecule has 0 rings (SSSR count). The highest BCUT2D eigenvalue weighted by atomic mass is 16.3. The van der Waals surface area contributed by atoms with E-state index in [9.17, 15) is 20.1 Å². The average molecular weight is 961 g/mol. The highest BCUT2D eigenvalue weighted by molar-refractivity contribution is 5.80. The van der Waals surface area contributed by atoms with Gasteiger partial charge in [-0.3, -0.25) is 4.79 Å². The topological polar surface area (TPSA) is 89.8 Å². The van der Waals surface area contributed by atoms with Gasteiger partial charge in [0.2, 0.25) is 5.91 Å². The van der Waals surface area contributed by atoms with Gasteiger partial charge in [0.25, 0.3) is 0 Å². The molecule has 0 aliphatic rings. The molecule has 5 heteroatoms. The molecule has 0 radical (unpaired) electrons. The maximum Gasteiger partial charge on any atom is 0.249 e. The first-order valence-corrected chi connectivity index (χ1v) is 31.5. The van der Waals surface area contributed by atoms with E-state index in [2.05, 4.69) is 31.3 Å². The smallest absolute Gasteiger partial charge is 0.249 e. The highest BCUT2D eigenvalue weighted by Gasteiger charge is 2.23. The van der Waals surface area contributed by atoms with Crippen molar-refractivity contribution in [1.29, 1.82) is 0 Å². The molecule has 0 heterocycles. The number of unbranched alkanes of at least 4 members (excludes halogenated alkanes) is 49. The number of amides is 1. The minimum atomic E-state index is -1.07. The molecule has 0 fully saturated rings. The van der Waals surface area contributed by atoms with Gasteiger partial charge in [0.05, 0.1) is 18.8 Å². The lowest BCUT2D eigenvalue weighted by Gasteiger charge is -2.23. The predicted molar refractivity (Wildman–Crippen MR) is 301 cm³/mol. The lowest BCUT2D eigenvalue weighted by atomic mass is 10.0. The van der Waals surface area contributed by atoms with Crippen molar-refractivity contribution in [1.82, 2.24) is 5.32 Å². The Bertz CT molecular complexity index is 971. The van der Waals surface area contributed by atoms with Gasteiger partial charge in [-0.05, 0) is 38.5 Å². The number of aliphatic hydroxyl groups is 3. The Kier molecular flexibility index (Phi) is 57.9. The van der Waals surface area contributed by atoms with Gasteiger partial charge in [-0.15, -0.1) is 0 Å². The van der Waals surface area contributed by atoms with Crippen LogP contribution in [0.25, 0.3) is 0 Å². The number of carbonyl (C=O) groups is 1. The van der Waals surface area contributed by atoms with Crippen molar-refractivity contribution in [3.05, 3.63) is 12.2 Å². The molecule has 0 aromatic rings. The van der Waals surface area contributed by atoms with Crippen molar-refractivity contribution in [2.45, 2.75) is 379 Å². The van der Waals surface area contributed by atoms with Crippen LogP contribution in [0.4, 0.5) is 0 Å². The summed E-state index contributed by atoms with van der Waals surface area (Å²) in [6.07, 6.45) is 74.3. The Morgan fingerprint density at radius 2 is 0.559 bits per heavy atom. The predicted octanol–water partition coefficient (Wildman–Crippen LogP) is 19.8. The minimum Gasteiger partial charge on any atom is -0.394 e. The number of rotatable bonds is 59. The van der Waals surface area contributed by atoms with Gasteiger partial charge in [0, 0.05) is 0 Å². The summed E-state index contributed by atoms with van der Waals surface area (Å²) in [5.41, 5.74) is 0. The van der Waals surface area contributed by atoms with Crippen LogP contribution in [0.1, 0.15) is 361 Å². The molecule has 0 saturated heterocycles. The van der Waals surface area contributed by atoms with E-state index in [1.54, 1.807) is 0 Å². The van der Waals surface area contributed by atoms with E-state index in [-0.39, 0.29) is 6.61 Å². The second kappa shape index (κ2) is 58.7. The van der Waals surface area contributed by atoms with E-state index >= 15 is 0 Å². The zero-order valence-corrected chi connectivity index (χ0v) is 46.5. The molecule has 0 aromatic carbocycles. The largest absolute Gasteiger partial charge is 0.394 e. The molecule has 0 aliphatic heterocycles. The molecule has 0 aromatic heterocycles. The first kappa shape index (κ1) is 67.1. The summed E-state index contributed by atoms with van der Waals surface area (Å²) in [6, 6.07) is -0.711. The molecule has 0 aliphatic carbocycles. The van der Waals surface area contributed by atoms with Crippen molar-refractivity contribution < 1.29 is 20.1 Å². The third-order valence-corrected chi connectivity index (χ3v) is 15.1. The van der Waals surface area contributed by atoms with Crippen LogP contribution in [0.5, 0.6) is 0 Å². The van der Waals surface area contributed by atoms with Gasteiger partial charge in [0.15, 0.2) is 0 Å². The summed E-state index contributed by atoms with van der Waals surface area (Å²) < 4.78 is 0.